The monoisotopic (exact) mass is 405 g/mol. The molecule has 4 rings (SSSR count). The van der Waals surface area contributed by atoms with E-state index >= 15 is 0 Å². The maximum absolute atomic E-state index is 12.8. The Kier molecular flexibility index (Phi) is 5.41. The van der Waals surface area contributed by atoms with E-state index in [2.05, 4.69) is 0 Å². The van der Waals surface area contributed by atoms with Gasteiger partial charge in [-0.2, -0.15) is 5.10 Å². The maximum Gasteiger partial charge on any atom is 0.266 e. The van der Waals surface area contributed by atoms with Gasteiger partial charge < -0.3 is 0 Å². The molecule has 0 atom stereocenters. The van der Waals surface area contributed by atoms with Gasteiger partial charge in [0, 0.05) is 23.9 Å². The fourth-order valence-corrected chi connectivity index (χ4v) is 4.38. The highest BCUT2D eigenvalue weighted by atomic mass is 32.2. The van der Waals surface area contributed by atoms with Crippen LogP contribution in [0.5, 0.6) is 0 Å². The highest BCUT2D eigenvalue weighted by molar-refractivity contribution is 8.26. The molecule has 1 amide bonds. The Hall–Kier alpha value is -2.70. The Morgan fingerprint density at radius 2 is 1.75 bits per heavy atom. The smallest absolute Gasteiger partial charge is 0.266 e. The molecule has 0 bridgehead atoms. The second-order valence-electron chi connectivity index (χ2n) is 6.41. The van der Waals surface area contributed by atoms with Gasteiger partial charge in [0.25, 0.3) is 5.91 Å². The lowest BCUT2D eigenvalue weighted by atomic mass is 10.1. The van der Waals surface area contributed by atoms with E-state index in [0.29, 0.717) is 15.8 Å². The number of thiocarbonyl (C=S) groups is 1. The fourth-order valence-electron chi connectivity index (χ4n) is 3.08. The molecule has 1 saturated heterocycles. The quantitative estimate of drug-likeness (QED) is 0.435. The van der Waals surface area contributed by atoms with Crippen molar-refractivity contribution in [3.05, 3.63) is 77.3 Å². The van der Waals surface area contributed by atoms with E-state index in [0.717, 1.165) is 28.9 Å². The molecular weight excluding hydrogens is 386 g/mol. The molecule has 1 aliphatic rings. The van der Waals surface area contributed by atoms with E-state index in [1.165, 1.54) is 11.8 Å². The number of hydrogen-bond donors (Lipinski definition) is 0. The number of nitrogens with zero attached hydrogens (tertiary/aromatic N) is 3. The Morgan fingerprint density at radius 1 is 1.07 bits per heavy atom. The largest absolute Gasteiger partial charge is 0.293 e. The molecule has 0 radical (unpaired) electrons. The summed E-state index contributed by atoms with van der Waals surface area (Å²) in [6.45, 7) is 2.69. The van der Waals surface area contributed by atoms with Crippen LogP contribution in [0.25, 0.3) is 23.0 Å². The molecule has 1 aromatic heterocycles. The maximum atomic E-state index is 12.8. The molecule has 2 heterocycles. The van der Waals surface area contributed by atoms with Crippen LogP contribution >= 0.6 is 24.0 Å². The van der Waals surface area contributed by atoms with Gasteiger partial charge in [-0.25, -0.2) is 4.68 Å². The second kappa shape index (κ2) is 8.12. The highest BCUT2D eigenvalue weighted by Crippen LogP contribution is 2.34. The molecule has 2 aromatic carbocycles. The van der Waals surface area contributed by atoms with Crippen LogP contribution in [-0.4, -0.2) is 31.5 Å². The van der Waals surface area contributed by atoms with Crippen molar-refractivity contribution in [2.24, 2.45) is 0 Å². The number of para-hydroxylation sites is 1. The third kappa shape index (κ3) is 3.66. The van der Waals surface area contributed by atoms with Crippen LogP contribution in [-0.2, 0) is 4.79 Å². The third-order valence-corrected chi connectivity index (χ3v) is 5.80. The van der Waals surface area contributed by atoms with Crippen LogP contribution in [0.2, 0.25) is 0 Å². The number of amides is 1. The molecule has 6 heteroatoms. The number of benzene rings is 2. The number of thioether (sulfide) groups is 1. The molecule has 28 heavy (non-hydrogen) atoms. The molecule has 0 aliphatic carbocycles. The van der Waals surface area contributed by atoms with Crippen LogP contribution < -0.4 is 0 Å². The summed E-state index contributed by atoms with van der Waals surface area (Å²) < 4.78 is 2.47. The average molecular weight is 406 g/mol. The minimum Gasteiger partial charge on any atom is -0.293 e. The molecule has 140 valence electrons. The molecular formula is C22H19N3OS2. The fraction of sp³-hybridized carbons (Fsp3) is 0.136. The lowest BCUT2D eigenvalue weighted by Gasteiger charge is -2.11. The first-order valence-electron chi connectivity index (χ1n) is 9.13. The minimum absolute atomic E-state index is 0.0247. The van der Waals surface area contributed by atoms with Crippen molar-refractivity contribution in [3.63, 3.8) is 0 Å². The molecule has 0 saturated carbocycles. The van der Waals surface area contributed by atoms with Gasteiger partial charge in [-0.05, 0) is 24.6 Å². The standard InChI is InChI=1S/C22H19N3OS2/c1-2-13-24-21(26)19(28-22(24)27)14-17-15-25(18-11-7-4-8-12-18)23-20(17)16-9-5-3-6-10-16/h3-12,14-15H,2,13H2,1H3/b19-14-. The first-order chi connectivity index (χ1) is 13.7. The number of carbonyl (C=O) groups excluding carboxylic acids is 1. The summed E-state index contributed by atoms with van der Waals surface area (Å²) >= 11 is 6.75. The van der Waals surface area contributed by atoms with E-state index in [-0.39, 0.29) is 5.91 Å². The normalized spacial score (nSPS) is 15.6. The lowest BCUT2D eigenvalue weighted by molar-refractivity contribution is -0.122. The summed E-state index contributed by atoms with van der Waals surface area (Å²) in [6.07, 6.45) is 4.74. The van der Waals surface area contributed by atoms with Crippen molar-refractivity contribution in [2.45, 2.75) is 13.3 Å². The van der Waals surface area contributed by atoms with Gasteiger partial charge in [0.2, 0.25) is 0 Å². The summed E-state index contributed by atoms with van der Waals surface area (Å²) in [5, 5.41) is 4.80. The Morgan fingerprint density at radius 3 is 2.43 bits per heavy atom. The number of rotatable bonds is 5. The van der Waals surface area contributed by atoms with Crippen molar-refractivity contribution >= 4 is 40.3 Å². The van der Waals surface area contributed by atoms with Gasteiger partial charge >= 0.3 is 0 Å². The summed E-state index contributed by atoms with van der Waals surface area (Å²) in [5.74, 6) is -0.0247. The van der Waals surface area contributed by atoms with E-state index < -0.39 is 0 Å². The number of carbonyl (C=O) groups is 1. The van der Waals surface area contributed by atoms with Crippen LogP contribution in [0.3, 0.4) is 0 Å². The first-order valence-corrected chi connectivity index (χ1v) is 10.4. The molecule has 0 N–H and O–H groups in total. The highest BCUT2D eigenvalue weighted by Gasteiger charge is 2.31. The predicted octanol–water partition coefficient (Wildman–Crippen LogP) is 5.15. The van der Waals surface area contributed by atoms with Crippen LogP contribution in [0.15, 0.2) is 71.8 Å². The lowest BCUT2D eigenvalue weighted by Crippen LogP contribution is -2.28. The Bertz CT molecular complexity index is 1040. The Labute approximate surface area is 173 Å². The van der Waals surface area contributed by atoms with Crippen molar-refractivity contribution in [1.29, 1.82) is 0 Å². The van der Waals surface area contributed by atoms with Crippen LogP contribution in [0.1, 0.15) is 18.9 Å². The van der Waals surface area contributed by atoms with Gasteiger partial charge in [-0.1, -0.05) is 79.4 Å². The van der Waals surface area contributed by atoms with Crippen molar-refractivity contribution in [1.82, 2.24) is 14.7 Å². The van der Waals surface area contributed by atoms with Crippen LogP contribution in [0, 0.1) is 0 Å². The third-order valence-electron chi connectivity index (χ3n) is 4.42. The molecule has 3 aromatic rings. The zero-order valence-electron chi connectivity index (χ0n) is 15.4. The van der Waals surface area contributed by atoms with E-state index in [1.54, 1.807) is 4.90 Å². The summed E-state index contributed by atoms with van der Waals surface area (Å²) in [6, 6.07) is 20.0. The average Bonchev–Trinajstić information content (AvgIpc) is 3.26. The van der Waals surface area contributed by atoms with Gasteiger partial charge in [-0.3, -0.25) is 9.69 Å². The van der Waals surface area contributed by atoms with Crippen molar-refractivity contribution in [3.8, 4) is 16.9 Å². The minimum atomic E-state index is -0.0247. The van der Waals surface area contributed by atoms with Gasteiger partial charge in [-0.15, -0.1) is 0 Å². The van der Waals surface area contributed by atoms with Crippen LogP contribution in [0.4, 0.5) is 0 Å². The van der Waals surface area contributed by atoms with Crippen molar-refractivity contribution in [2.75, 3.05) is 6.54 Å². The van der Waals surface area contributed by atoms with Gasteiger partial charge in [0.05, 0.1) is 16.3 Å². The topological polar surface area (TPSA) is 38.1 Å². The molecule has 1 aliphatic heterocycles. The second-order valence-corrected chi connectivity index (χ2v) is 8.09. The Balaban J connectivity index is 1.79. The predicted molar refractivity (Wildman–Crippen MR) is 119 cm³/mol. The summed E-state index contributed by atoms with van der Waals surface area (Å²) in [4.78, 5) is 15.1. The van der Waals surface area contributed by atoms with E-state index in [9.17, 15) is 4.79 Å². The van der Waals surface area contributed by atoms with Crippen molar-refractivity contribution < 1.29 is 4.79 Å². The van der Waals surface area contributed by atoms with E-state index in [1.807, 2.05) is 84.5 Å². The SMILES string of the molecule is CCCN1C(=O)/C(=C/c2cn(-c3ccccc3)nc2-c2ccccc2)SC1=S. The zero-order valence-corrected chi connectivity index (χ0v) is 17.0. The van der Waals surface area contributed by atoms with Gasteiger partial charge in [0.15, 0.2) is 0 Å². The summed E-state index contributed by atoms with van der Waals surface area (Å²) in [7, 11) is 0. The molecule has 0 spiro atoms. The number of aromatic nitrogens is 2. The first kappa shape index (κ1) is 18.7. The molecule has 1 fully saturated rings. The molecule has 4 nitrogen and oxygen atoms in total. The summed E-state index contributed by atoms with van der Waals surface area (Å²) in [5.41, 5.74) is 3.71. The van der Waals surface area contributed by atoms with Gasteiger partial charge in [0.1, 0.15) is 4.32 Å². The van der Waals surface area contributed by atoms with E-state index in [4.69, 9.17) is 17.3 Å². The zero-order chi connectivity index (χ0) is 19.5. The molecule has 0 unspecified atom stereocenters. The number of hydrogen-bond acceptors (Lipinski definition) is 4.